The van der Waals surface area contributed by atoms with E-state index >= 15 is 0 Å². The normalized spacial score (nSPS) is 14.8. The molecule has 1 saturated heterocycles. The Morgan fingerprint density at radius 2 is 1.89 bits per heavy atom. The van der Waals surface area contributed by atoms with Crippen molar-refractivity contribution in [3.05, 3.63) is 47.4 Å². The summed E-state index contributed by atoms with van der Waals surface area (Å²) in [5.74, 6) is -0.372. The van der Waals surface area contributed by atoms with E-state index in [9.17, 15) is 19.8 Å². The van der Waals surface area contributed by atoms with Crippen molar-refractivity contribution < 1.29 is 19.8 Å². The van der Waals surface area contributed by atoms with Crippen LogP contribution in [-0.4, -0.2) is 77.7 Å². The van der Waals surface area contributed by atoms with Crippen LogP contribution in [-0.2, 0) is 4.79 Å². The molecule has 0 bridgehead atoms. The van der Waals surface area contributed by atoms with Crippen LogP contribution in [0.2, 0.25) is 0 Å². The molecule has 1 fully saturated rings. The van der Waals surface area contributed by atoms with E-state index in [2.05, 4.69) is 15.1 Å². The quantitative estimate of drug-likeness (QED) is 0.302. The average molecular weight is 536 g/mol. The number of ketones is 1. The van der Waals surface area contributed by atoms with E-state index in [1.807, 2.05) is 17.5 Å². The number of nitrogens with zero attached hydrogens (tertiary/aromatic N) is 6. The SMILES string of the molecule is CC(=O)c1c(C2CCN(C(=O)C(C)(CO)CO)CC2)nc2c(-c3ccc(-c4nccs4)nc3)cnn2c1N. The number of aromatic nitrogens is 5. The summed E-state index contributed by atoms with van der Waals surface area (Å²) in [5.41, 5.74) is 9.02. The fraction of sp³-hybridized carbons (Fsp3) is 0.385. The van der Waals surface area contributed by atoms with Crippen molar-refractivity contribution in [1.82, 2.24) is 29.5 Å². The molecule has 12 heteroatoms. The van der Waals surface area contributed by atoms with Gasteiger partial charge in [0, 0.05) is 47.9 Å². The molecular weight excluding hydrogens is 506 g/mol. The third-order valence-electron chi connectivity index (χ3n) is 7.17. The summed E-state index contributed by atoms with van der Waals surface area (Å²) in [7, 11) is 0. The molecule has 198 valence electrons. The van der Waals surface area contributed by atoms with E-state index in [1.54, 1.807) is 30.4 Å². The first-order chi connectivity index (χ1) is 18.3. The molecule has 4 aromatic rings. The number of hydrogen-bond acceptors (Lipinski definition) is 10. The summed E-state index contributed by atoms with van der Waals surface area (Å²) in [6.45, 7) is 2.96. The van der Waals surface area contributed by atoms with Gasteiger partial charge >= 0.3 is 0 Å². The highest BCUT2D eigenvalue weighted by atomic mass is 32.1. The van der Waals surface area contributed by atoms with Crippen LogP contribution in [0.25, 0.3) is 27.5 Å². The maximum absolute atomic E-state index is 12.9. The third-order valence-corrected chi connectivity index (χ3v) is 7.97. The fourth-order valence-electron chi connectivity index (χ4n) is 4.85. The van der Waals surface area contributed by atoms with E-state index in [0.717, 1.165) is 21.8 Å². The predicted octanol–water partition coefficient (Wildman–Crippen LogP) is 2.40. The molecule has 1 amide bonds. The van der Waals surface area contributed by atoms with Crippen molar-refractivity contribution in [3.8, 4) is 21.8 Å². The number of fused-ring (bicyclic) bond motifs is 1. The zero-order valence-electron chi connectivity index (χ0n) is 21.2. The van der Waals surface area contributed by atoms with Gasteiger partial charge in [0.2, 0.25) is 5.91 Å². The Hall–Kier alpha value is -3.74. The van der Waals surface area contributed by atoms with Crippen molar-refractivity contribution in [2.24, 2.45) is 5.41 Å². The van der Waals surface area contributed by atoms with Gasteiger partial charge in [-0.2, -0.15) is 9.61 Å². The molecule has 4 N–H and O–H groups in total. The number of piperidine rings is 1. The second-order valence-corrected chi connectivity index (χ2v) is 10.7. The Bertz CT molecular complexity index is 1470. The van der Waals surface area contributed by atoms with Crippen molar-refractivity contribution in [2.45, 2.75) is 32.6 Å². The number of aliphatic hydroxyl groups excluding tert-OH is 2. The molecule has 0 unspecified atom stereocenters. The molecule has 1 aliphatic heterocycles. The number of likely N-dealkylation sites (tertiary alicyclic amines) is 1. The third kappa shape index (κ3) is 4.44. The molecule has 0 aromatic carbocycles. The number of pyridine rings is 1. The number of carbonyl (C=O) groups excluding carboxylic acids is 2. The Balaban J connectivity index is 1.48. The molecule has 0 aliphatic carbocycles. The first-order valence-electron chi connectivity index (χ1n) is 12.3. The molecule has 5 heterocycles. The number of thiazole rings is 1. The number of amides is 1. The van der Waals surface area contributed by atoms with Crippen LogP contribution < -0.4 is 5.73 Å². The van der Waals surface area contributed by atoms with E-state index in [4.69, 9.17) is 10.7 Å². The minimum absolute atomic E-state index is 0.104. The van der Waals surface area contributed by atoms with Crippen LogP contribution in [0, 0.1) is 5.41 Å². The van der Waals surface area contributed by atoms with Crippen molar-refractivity contribution in [1.29, 1.82) is 0 Å². The lowest BCUT2D eigenvalue weighted by Gasteiger charge is -2.37. The molecule has 0 radical (unpaired) electrons. The van der Waals surface area contributed by atoms with Crippen LogP contribution in [0.4, 0.5) is 5.82 Å². The first-order valence-corrected chi connectivity index (χ1v) is 13.2. The summed E-state index contributed by atoms with van der Waals surface area (Å²) >= 11 is 1.51. The first kappa shape index (κ1) is 25.9. The van der Waals surface area contributed by atoms with Crippen LogP contribution in [0.15, 0.2) is 36.1 Å². The van der Waals surface area contributed by atoms with Gasteiger partial charge in [-0.3, -0.25) is 14.6 Å². The molecule has 0 atom stereocenters. The van der Waals surface area contributed by atoms with E-state index < -0.39 is 18.6 Å². The maximum Gasteiger partial charge on any atom is 0.233 e. The molecule has 1 aliphatic rings. The zero-order chi connectivity index (χ0) is 27.0. The largest absolute Gasteiger partial charge is 0.395 e. The zero-order valence-corrected chi connectivity index (χ0v) is 22.0. The number of carbonyl (C=O) groups is 2. The maximum atomic E-state index is 12.9. The number of Topliss-reactive ketones (excluding diaryl/α,β-unsaturated/α-hetero) is 1. The molecule has 38 heavy (non-hydrogen) atoms. The minimum Gasteiger partial charge on any atom is -0.395 e. The molecular formula is C26H29N7O4S. The Morgan fingerprint density at radius 1 is 1.16 bits per heavy atom. The van der Waals surface area contributed by atoms with E-state index in [-0.39, 0.29) is 23.4 Å². The summed E-state index contributed by atoms with van der Waals surface area (Å²) < 4.78 is 1.48. The van der Waals surface area contributed by atoms with Crippen LogP contribution in [0.1, 0.15) is 48.7 Å². The predicted molar refractivity (Wildman–Crippen MR) is 143 cm³/mol. The number of nitrogen functional groups attached to an aromatic ring is 1. The Labute approximate surface area is 223 Å². The van der Waals surface area contributed by atoms with Gasteiger partial charge in [-0.25, -0.2) is 9.97 Å². The molecule has 0 spiro atoms. The van der Waals surface area contributed by atoms with Gasteiger partial charge in [0.15, 0.2) is 11.4 Å². The number of nitrogens with two attached hydrogens (primary N) is 1. The topological polar surface area (TPSA) is 160 Å². The molecule has 11 nitrogen and oxygen atoms in total. The second kappa shape index (κ2) is 10.2. The van der Waals surface area contributed by atoms with Gasteiger partial charge in [0.05, 0.1) is 41.8 Å². The number of anilines is 1. The fourth-order valence-corrected chi connectivity index (χ4v) is 5.46. The van der Waals surface area contributed by atoms with Crippen molar-refractivity contribution in [3.63, 3.8) is 0 Å². The van der Waals surface area contributed by atoms with E-state index in [0.29, 0.717) is 42.8 Å². The smallest absolute Gasteiger partial charge is 0.233 e. The average Bonchev–Trinajstić information content (AvgIpc) is 3.63. The van der Waals surface area contributed by atoms with Gasteiger partial charge in [-0.1, -0.05) is 6.07 Å². The summed E-state index contributed by atoms with van der Waals surface area (Å²) in [6.07, 6.45) is 6.27. The van der Waals surface area contributed by atoms with Gasteiger partial charge in [-0.05, 0) is 32.8 Å². The highest BCUT2D eigenvalue weighted by Crippen LogP contribution is 2.35. The lowest BCUT2D eigenvalue weighted by molar-refractivity contribution is -0.147. The summed E-state index contributed by atoms with van der Waals surface area (Å²) in [4.78, 5) is 41.0. The highest BCUT2D eigenvalue weighted by molar-refractivity contribution is 7.13. The lowest BCUT2D eigenvalue weighted by Crippen LogP contribution is -2.49. The number of aliphatic hydroxyl groups is 2. The standard InChI is InChI=1S/C26H29N7O4S/c1-15(36)20-21(16-5-8-32(9-6-16)25(37)26(2,13-34)14-35)31-23-18(12-30-33(23)22(20)27)17-3-4-19(29-11-17)24-28-7-10-38-24/h3-4,7,10-12,16,34-35H,5-6,8-9,13-14,27H2,1-2H3. The van der Waals surface area contributed by atoms with Crippen LogP contribution in [0.5, 0.6) is 0 Å². The van der Waals surface area contributed by atoms with Gasteiger partial charge in [0.25, 0.3) is 0 Å². The monoisotopic (exact) mass is 535 g/mol. The second-order valence-electron chi connectivity index (χ2n) is 9.82. The Morgan fingerprint density at radius 3 is 2.47 bits per heavy atom. The van der Waals surface area contributed by atoms with Gasteiger partial charge in [-0.15, -0.1) is 11.3 Å². The lowest BCUT2D eigenvalue weighted by atomic mass is 9.86. The van der Waals surface area contributed by atoms with E-state index in [1.165, 1.54) is 22.8 Å². The summed E-state index contributed by atoms with van der Waals surface area (Å²) in [6, 6.07) is 3.83. The van der Waals surface area contributed by atoms with Gasteiger partial charge < -0.3 is 20.8 Å². The highest BCUT2D eigenvalue weighted by Gasteiger charge is 2.38. The summed E-state index contributed by atoms with van der Waals surface area (Å²) in [5, 5.41) is 26.4. The molecule has 5 rings (SSSR count). The number of hydrogen-bond donors (Lipinski definition) is 3. The van der Waals surface area contributed by atoms with Crippen LogP contribution >= 0.6 is 11.3 Å². The Kier molecular flexibility index (Phi) is 6.95. The molecule has 0 saturated carbocycles. The van der Waals surface area contributed by atoms with Crippen molar-refractivity contribution >= 4 is 34.5 Å². The van der Waals surface area contributed by atoms with Gasteiger partial charge in [0.1, 0.15) is 10.8 Å². The van der Waals surface area contributed by atoms with Crippen LogP contribution in [0.3, 0.4) is 0 Å². The number of rotatable bonds is 7. The molecule has 4 aromatic heterocycles. The minimum atomic E-state index is -1.23. The van der Waals surface area contributed by atoms with Crippen molar-refractivity contribution in [2.75, 3.05) is 32.0 Å².